The highest BCUT2D eigenvalue weighted by molar-refractivity contribution is 5.82. The van der Waals surface area contributed by atoms with Crippen LogP contribution < -0.4 is 25.2 Å². The summed E-state index contributed by atoms with van der Waals surface area (Å²) in [5.41, 5.74) is 4.79. The molecule has 0 atom stereocenters. The van der Waals surface area contributed by atoms with Gasteiger partial charge in [-0.25, -0.2) is 10.4 Å². The Labute approximate surface area is 168 Å². The van der Waals surface area contributed by atoms with E-state index in [1.54, 1.807) is 39.5 Å². The number of hydrazone groups is 1. The van der Waals surface area contributed by atoms with E-state index >= 15 is 0 Å². The predicted molar refractivity (Wildman–Crippen MR) is 111 cm³/mol. The summed E-state index contributed by atoms with van der Waals surface area (Å²) >= 11 is 0. The zero-order chi connectivity index (χ0) is 20.6. The van der Waals surface area contributed by atoms with Crippen molar-refractivity contribution >= 4 is 12.2 Å². The van der Waals surface area contributed by atoms with Gasteiger partial charge in [-0.2, -0.15) is 5.10 Å². The van der Waals surface area contributed by atoms with Crippen LogP contribution in [0.4, 0.5) is 5.95 Å². The fourth-order valence-corrected chi connectivity index (χ4v) is 2.65. The van der Waals surface area contributed by atoms with Gasteiger partial charge in [0.15, 0.2) is 11.5 Å². The van der Waals surface area contributed by atoms with Crippen LogP contribution in [0.1, 0.15) is 16.8 Å². The lowest BCUT2D eigenvalue weighted by Crippen LogP contribution is -2.10. The second kappa shape index (κ2) is 9.41. The number of ether oxygens (including phenoxy) is 3. The van der Waals surface area contributed by atoms with Crippen LogP contribution in [0.3, 0.4) is 0 Å². The number of hydrogen-bond acceptors (Lipinski definition) is 7. The number of aromatic amines is 1. The maximum Gasteiger partial charge on any atom is 0.252 e. The van der Waals surface area contributed by atoms with Crippen molar-refractivity contribution in [3.63, 3.8) is 0 Å². The summed E-state index contributed by atoms with van der Waals surface area (Å²) in [6.45, 7) is 2.11. The predicted octanol–water partition coefficient (Wildman–Crippen LogP) is 3.12. The number of aromatic nitrogens is 2. The van der Waals surface area contributed by atoms with Crippen LogP contribution in [-0.2, 0) is 6.61 Å². The van der Waals surface area contributed by atoms with Crippen LogP contribution in [0.15, 0.2) is 58.4 Å². The van der Waals surface area contributed by atoms with Gasteiger partial charge in [-0.1, -0.05) is 30.3 Å². The third kappa shape index (κ3) is 5.35. The largest absolute Gasteiger partial charge is 0.493 e. The lowest BCUT2D eigenvalue weighted by molar-refractivity contribution is 0.266. The molecule has 0 amide bonds. The molecular weight excluding hydrogens is 372 g/mol. The summed E-state index contributed by atoms with van der Waals surface area (Å²) in [6, 6.07) is 14.8. The van der Waals surface area contributed by atoms with E-state index < -0.39 is 0 Å². The molecule has 0 spiro atoms. The Bertz CT molecular complexity index is 1020. The minimum atomic E-state index is -0.251. The van der Waals surface area contributed by atoms with Crippen LogP contribution in [0.25, 0.3) is 0 Å². The molecule has 3 aromatic rings. The molecule has 0 bridgehead atoms. The van der Waals surface area contributed by atoms with Gasteiger partial charge in [0.05, 0.1) is 20.4 Å². The SMILES string of the molecule is COc1cc(/C=N\Nc2nc(C)cc(=O)[nH]2)cc(OC)c1OCc1ccccc1. The van der Waals surface area contributed by atoms with Gasteiger partial charge in [-0.05, 0) is 24.6 Å². The number of H-pyrrole nitrogens is 1. The molecule has 0 unspecified atom stereocenters. The molecule has 0 saturated heterocycles. The lowest BCUT2D eigenvalue weighted by atomic mass is 10.2. The summed E-state index contributed by atoms with van der Waals surface area (Å²) in [7, 11) is 3.12. The van der Waals surface area contributed by atoms with Crippen molar-refractivity contribution in [2.45, 2.75) is 13.5 Å². The summed E-state index contributed by atoms with van der Waals surface area (Å²) in [5, 5.41) is 4.11. The minimum Gasteiger partial charge on any atom is -0.493 e. The van der Waals surface area contributed by atoms with Crippen molar-refractivity contribution in [2.75, 3.05) is 19.6 Å². The number of nitrogens with zero attached hydrogens (tertiary/aromatic N) is 2. The molecular formula is C21H22N4O4. The number of anilines is 1. The van der Waals surface area contributed by atoms with Gasteiger partial charge in [0.2, 0.25) is 11.7 Å². The van der Waals surface area contributed by atoms with Gasteiger partial charge in [-0.3, -0.25) is 9.78 Å². The summed E-state index contributed by atoms with van der Waals surface area (Å²) in [4.78, 5) is 18.2. The number of hydrogen-bond donors (Lipinski definition) is 2. The summed E-state index contributed by atoms with van der Waals surface area (Å²) in [6.07, 6.45) is 1.56. The molecule has 0 aliphatic rings. The number of nitrogens with one attached hydrogen (secondary N) is 2. The molecule has 2 N–H and O–H groups in total. The molecule has 8 nitrogen and oxygen atoms in total. The van der Waals surface area contributed by atoms with E-state index in [2.05, 4.69) is 20.5 Å². The van der Waals surface area contributed by atoms with Crippen molar-refractivity contribution < 1.29 is 14.2 Å². The number of methoxy groups -OCH3 is 2. The maximum absolute atomic E-state index is 11.5. The van der Waals surface area contributed by atoms with Gasteiger partial charge >= 0.3 is 0 Å². The van der Waals surface area contributed by atoms with Crippen LogP contribution in [-0.4, -0.2) is 30.4 Å². The van der Waals surface area contributed by atoms with Crippen molar-refractivity contribution in [2.24, 2.45) is 5.10 Å². The highest BCUT2D eigenvalue weighted by Crippen LogP contribution is 2.38. The first-order valence-electron chi connectivity index (χ1n) is 8.89. The topological polar surface area (TPSA) is 97.8 Å². The van der Waals surface area contributed by atoms with E-state index in [4.69, 9.17) is 14.2 Å². The number of aryl methyl sites for hydroxylation is 1. The first-order valence-corrected chi connectivity index (χ1v) is 8.89. The quantitative estimate of drug-likeness (QED) is 0.450. The van der Waals surface area contributed by atoms with Crippen molar-refractivity contribution in [1.82, 2.24) is 9.97 Å². The standard InChI is InChI=1S/C21H22N4O4/c1-14-9-19(26)24-21(23-14)25-22-12-16-10-17(27-2)20(18(11-16)28-3)29-13-15-7-5-4-6-8-15/h4-12H,13H2,1-3H3,(H2,23,24,25,26)/b22-12-. The van der Waals surface area contributed by atoms with E-state index in [1.165, 1.54) is 6.07 Å². The first-order chi connectivity index (χ1) is 14.1. The monoisotopic (exact) mass is 394 g/mol. The second-order valence-corrected chi connectivity index (χ2v) is 6.13. The fraction of sp³-hybridized carbons (Fsp3) is 0.190. The molecule has 0 aliphatic heterocycles. The Morgan fingerprint density at radius 1 is 1.10 bits per heavy atom. The maximum atomic E-state index is 11.5. The lowest BCUT2D eigenvalue weighted by Gasteiger charge is -2.15. The molecule has 0 saturated carbocycles. The third-order valence-corrected chi connectivity index (χ3v) is 3.96. The zero-order valence-electron chi connectivity index (χ0n) is 16.4. The number of benzene rings is 2. The molecule has 1 aromatic heterocycles. The molecule has 1 heterocycles. The highest BCUT2D eigenvalue weighted by Gasteiger charge is 2.14. The number of rotatable bonds is 8. The fourth-order valence-electron chi connectivity index (χ4n) is 2.65. The molecule has 0 aliphatic carbocycles. The molecule has 150 valence electrons. The molecule has 29 heavy (non-hydrogen) atoms. The molecule has 0 radical (unpaired) electrons. The van der Waals surface area contributed by atoms with E-state index in [9.17, 15) is 4.79 Å². The smallest absolute Gasteiger partial charge is 0.252 e. The van der Waals surface area contributed by atoms with Crippen LogP contribution in [0, 0.1) is 6.92 Å². The minimum absolute atomic E-state index is 0.251. The van der Waals surface area contributed by atoms with Gasteiger partial charge in [0.25, 0.3) is 5.56 Å². The Hall–Kier alpha value is -3.81. The molecule has 3 rings (SSSR count). The molecule has 0 fully saturated rings. The third-order valence-electron chi connectivity index (χ3n) is 3.96. The van der Waals surface area contributed by atoms with E-state index in [0.717, 1.165) is 5.56 Å². The van der Waals surface area contributed by atoms with Crippen LogP contribution in [0.5, 0.6) is 17.2 Å². The highest BCUT2D eigenvalue weighted by atomic mass is 16.5. The van der Waals surface area contributed by atoms with E-state index in [1.807, 2.05) is 30.3 Å². The van der Waals surface area contributed by atoms with Crippen LogP contribution >= 0.6 is 0 Å². The van der Waals surface area contributed by atoms with Gasteiger partial charge in [0, 0.05) is 17.3 Å². The average molecular weight is 394 g/mol. The molecule has 8 heteroatoms. The molecule has 2 aromatic carbocycles. The van der Waals surface area contributed by atoms with E-state index in [-0.39, 0.29) is 11.5 Å². The Morgan fingerprint density at radius 3 is 2.41 bits per heavy atom. The van der Waals surface area contributed by atoms with Gasteiger partial charge < -0.3 is 14.2 Å². The first kappa shape index (κ1) is 19.9. The van der Waals surface area contributed by atoms with Gasteiger partial charge in [-0.15, -0.1) is 0 Å². The van der Waals surface area contributed by atoms with E-state index in [0.29, 0.717) is 35.1 Å². The zero-order valence-corrected chi connectivity index (χ0v) is 16.4. The summed E-state index contributed by atoms with van der Waals surface area (Å²) < 4.78 is 16.9. The second-order valence-electron chi connectivity index (χ2n) is 6.13. The van der Waals surface area contributed by atoms with Crippen molar-refractivity contribution in [1.29, 1.82) is 0 Å². The van der Waals surface area contributed by atoms with Crippen LogP contribution in [0.2, 0.25) is 0 Å². The van der Waals surface area contributed by atoms with Crippen molar-refractivity contribution in [3.8, 4) is 17.2 Å². The van der Waals surface area contributed by atoms with Crippen molar-refractivity contribution in [3.05, 3.63) is 75.7 Å². The Balaban J connectivity index is 1.78. The Kier molecular flexibility index (Phi) is 6.47. The Morgan fingerprint density at radius 2 is 1.79 bits per heavy atom. The van der Waals surface area contributed by atoms with Gasteiger partial charge in [0.1, 0.15) is 6.61 Å². The normalized spacial score (nSPS) is 10.7. The average Bonchev–Trinajstić information content (AvgIpc) is 2.72. The summed E-state index contributed by atoms with van der Waals surface area (Å²) in [5.74, 6) is 1.80.